The van der Waals surface area contributed by atoms with Gasteiger partial charge in [0.2, 0.25) is 0 Å². The number of benzene rings is 2. The first-order chi connectivity index (χ1) is 10.0. The Hall–Kier alpha value is -2.21. The molecule has 0 amide bonds. The molecule has 0 aliphatic rings. The molecule has 0 aromatic heterocycles. The molecule has 21 heavy (non-hydrogen) atoms. The summed E-state index contributed by atoms with van der Waals surface area (Å²) in [6.45, 7) is -0.323. The quantitative estimate of drug-likeness (QED) is 0.472. The van der Waals surface area contributed by atoms with Crippen molar-refractivity contribution in [2.45, 2.75) is 12.5 Å². The molecule has 0 radical (unpaired) electrons. The summed E-state index contributed by atoms with van der Waals surface area (Å²) in [7, 11) is 0. The highest BCUT2D eigenvalue weighted by Crippen LogP contribution is 2.29. The molecule has 0 bridgehead atoms. The van der Waals surface area contributed by atoms with Crippen molar-refractivity contribution in [3.8, 4) is 5.75 Å². The zero-order chi connectivity index (χ0) is 15.4. The fourth-order valence-electron chi connectivity index (χ4n) is 1.72. The van der Waals surface area contributed by atoms with Crippen molar-refractivity contribution < 1.29 is 18.4 Å². The van der Waals surface area contributed by atoms with Crippen LogP contribution in [0.1, 0.15) is 11.1 Å². The lowest BCUT2D eigenvalue weighted by Crippen LogP contribution is -2.02. The molecule has 0 N–H and O–H groups in total. The van der Waals surface area contributed by atoms with Crippen molar-refractivity contribution in [3.63, 3.8) is 0 Å². The minimum absolute atomic E-state index is 0.0272. The number of rotatable bonds is 5. The predicted molar refractivity (Wildman–Crippen MR) is 73.3 cm³/mol. The maximum atomic E-state index is 13.5. The number of hydrogen-bond donors (Lipinski definition) is 0. The van der Waals surface area contributed by atoms with E-state index in [1.165, 1.54) is 30.3 Å². The molecular weight excluding hydrogens is 304 g/mol. The number of halogens is 3. The van der Waals surface area contributed by atoms with Crippen LogP contribution >= 0.6 is 11.6 Å². The number of nitrogens with zero attached hydrogens (tertiary/aromatic N) is 1. The van der Waals surface area contributed by atoms with Crippen molar-refractivity contribution in [1.82, 2.24) is 0 Å². The summed E-state index contributed by atoms with van der Waals surface area (Å²) < 4.78 is 31.8. The fraction of sp³-hybridized carbons (Fsp3) is 0.143. The van der Waals surface area contributed by atoms with Gasteiger partial charge in [-0.1, -0.05) is 18.2 Å². The molecule has 0 aliphatic carbocycles. The van der Waals surface area contributed by atoms with Gasteiger partial charge in [0.15, 0.2) is 17.4 Å². The topological polar surface area (TPSA) is 52.4 Å². The van der Waals surface area contributed by atoms with E-state index >= 15 is 0 Å². The monoisotopic (exact) mass is 313 g/mol. The first-order valence-corrected chi connectivity index (χ1v) is 6.45. The van der Waals surface area contributed by atoms with Gasteiger partial charge in [-0.25, -0.2) is 8.78 Å². The van der Waals surface area contributed by atoms with Crippen molar-refractivity contribution in [2.75, 3.05) is 0 Å². The normalized spacial score (nSPS) is 10.4. The average Bonchev–Trinajstić information content (AvgIpc) is 2.48. The van der Waals surface area contributed by atoms with E-state index in [2.05, 4.69) is 0 Å². The highest BCUT2D eigenvalue weighted by atomic mass is 35.5. The Labute approximate surface area is 124 Å². The minimum atomic E-state index is -1.03. The Balaban J connectivity index is 2.26. The molecule has 0 fully saturated rings. The molecule has 2 aromatic carbocycles. The highest BCUT2D eigenvalue weighted by Gasteiger charge is 2.17. The van der Waals surface area contributed by atoms with E-state index in [1.807, 2.05) is 0 Å². The van der Waals surface area contributed by atoms with Gasteiger partial charge in [0.05, 0.1) is 4.92 Å². The zero-order valence-corrected chi connectivity index (χ0v) is 11.4. The van der Waals surface area contributed by atoms with Crippen LogP contribution in [0.5, 0.6) is 5.75 Å². The summed E-state index contributed by atoms with van der Waals surface area (Å²) in [6, 6.07) is 7.82. The number of hydrogen-bond acceptors (Lipinski definition) is 3. The Morgan fingerprint density at radius 2 is 2.00 bits per heavy atom. The molecule has 0 heterocycles. The highest BCUT2D eigenvalue weighted by molar-refractivity contribution is 6.17. The summed E-state index contributed by atoms with van der Waals surface area (Å²) >= 11 is 5.66. The smallest absolute Gasteiger partial charge is 0.310 e. The van der Waals surface area contributed by atoms with E-state index in [0.29, 0.717) is 5.56 Å². The van der Waals surface area contributed by atoms with Crippen LogP contribution in [0.2, 0.25) is 0 Å². The molecule has 0 saturated carbocycles. The van der Waals surface area contributed by atoms with Crippen molar-refractivity contribution in [1.29, 1.82) is 0 Å². The summed E-state index contributed by atoms with van der Waals surface area (Å²) in [4.78, 5) is 10.3. The second-order valence-corrected chi connectivity index (χ2v) is 4.46. The molecule has 0 aliphatic heterocycles. The summed E-state index contributed by atoms with van der Waals surface area (Å²) in [5.74, 6) is -1.92. The average molecular weight is 314 g/mol. The third-order valence-electron chi connectivity index (χ3n) is 2.79. The first-order valence-electron chi connectivity index (χ1n) is 5.92. The van der Waals surface area contributed by atoms with Crippen LogP contribution in [0, 0.1) is 21.7 Å². The molecule has 2 aromatic rings. The number of alkyl halides is 1. The van der Waals surface area contributed by atoms with Crippen LogP contribution in [-0.4, -0.2) is 4.92 Å². The molecule has 0 unspecified atom stereocenters. The van der Waals surface area contributed by atoms with Gasteiger partial charge in [0.1, 0.15) is 6.61 Å². The summed E-state index contributed by atoms with van der Waals surface area (Å²) in [5.41, 5.74) is 0.332. The zero-order valence-electron chi connectivity index (χ0n) is 10.7. The third kappa shape index (κ3) is 3.46. The van der Waals surface area contributed by atoms with Gasteiger partial charge in [0, 0.05) is 17.5 Å². The van der Waals surface area contributed by atoms with Crippen LogP contribution < -0.4 is 4.74 Å². The van der Waals surface area contributed by atoms with Crippen molar-refractivity contribution >= 4 is 17.3 Å². The largest absolute Gasteiger partial charge is 0.482 e. The van der Waals surface area contributed by atoms with Crippen LogP contribution in [0.4, 0.5) is 14.5 Å². The van der Waals surface area contributed by atoms with Crippen molar-refractivity contribution in [3.05, 3.63) is 69.3 Å². The molecular formula is C14H10ClF2NO3. The Morgan fingerprint density at radius 3 is 2.67 bits per heavy atom. The molecule has 0 atom stereocenters. The fourth-order valence-corrected chi connectivity index (χ4v) is 1.89. The van der Waals surface area contributed by atoms with Gasteiger partial charge >= 0.3 is 5.69 Å². The van der Waals surface area contributed by atoms with Crippen LogP contribution in [0.25, 0.3) is 0 Å². The number of nitro benzene ring substituents is 1. The lowest BCUT2D eigenvalue weighted by molar-refractivity contribution is -0.386. The summed E-state index contributed by atoms with van der Waals surface area (Å²) in [6.07, 6.45) is 0. The van der Waals surface area contributed by atoms with Crippen molar-refractivity contribution in [2.24, 2.45) is 0 Å². The second kappa shape index (κ2) is 6.49. The number of ether oxygens (including phenoxy) is 1. The van der Waals surface area contributed by atoms with E-state index in [0.717, 1.165) is 6.07 Å². The van der Waals surface area contributed by atoms with E-state index in [-0.39, 0.29) is 29.5 Å². The first kappa shape index (κ1) is 15.2. The maximum Gasteiger partial charge on any atom is 0.310 e. The lowest BCUT2D eigenvalue weighted by atomic mass is 10.2. The van der Waals surface area contributed by atoms with Gasteiger partial charge in [-0.15, -0.1) is 11.6 Å². The predicted octanol–water partition coefficient (Wildman–Crippen LogP) is 4.19. The molecule has 4 nitrogen and oxygen atoms in total. The Morgan fingerprint density at radius 1 is 1.24 bits per heavy atom. The van der Waals surface area contributed by atoms with E-state index in [4.69, 9.17) is 16.3 Å². The van der Waals surface area contributed by atoms with Gasteiger partial charge in [-0.05, 0) is 17.7 Å². The Bertz CT molecular complexity index is 679. The standard InChI is InChI=1S/C14H10ClF2NO3/c15-7-9-4-5-12(18(19)20)13(6-9)21-8-10-2-1-3-11(16)14(10)17/h1-6H,7-8H2. The summed E-state index contributed by atoms with van der Waals surface area (Å²) in [5, 5.41) is 10.9. The van der Waals surface area contributed by atoms with E-state index < -0.39 is 16.6 Å². The van der Waals surface area contributed by atoms with Gasteiger partial charge in [-0.3, -0.25) is 10.1 Å². The van der Waals surface area contributed by atoms with Crippen LogP contribution in [-0.2, 0) is 12.5 Å². The van der Waals surface area contributed by atoms with Crippen LogP contribution in [0.3, 0.4) is 0 Å². The van der Waals surface area contributed by atoms with E-state index in [1.54, 1.807) is 0 Å². The third-order valence-corrected chi connectivity index (χ3v) is 3.10. The molecule has 0 spiro atoms. The minimum Gasteiger partial charge on any atom is -0.482 e. The number of nitro groups is 1. The maximum absolute atomic E-state index is 13.5. The molecule has 2 rings (SSSR count). The lowest BCUT2D eigenvalue weighted by Gasteiger charge is -2.09. The van der Waals surface area contributed by atoms with Gasteiger partial charge in [-0.2, -0.15) is 0 Å². The molecule has 0 saturated heterocycles. The Kier molecular flexibility index (Phi) is 4.70. The van der Waals surface area contributed by atoms with Gasteiger partial charge < -0.3 is 4.74 Å². The molecule has 7 heteroatoms. The van der Waals surface area contributed by atoms with Gasteiger partial charge in [0.25, 0.3) is 0 Å². The van der Waals surface area contributed by atoms with E-state index in [9.17, 15) is 18.9 Å². The molecule has 110 valence electrons. The SMILES string of the molecule is O=[N+]([O-])c1ccc(CCl)cc1OCc1cccc(F)c1F. The second-order valence-electron chi connectivity index (χ2n) is 4.19. The van der Waals surface area contributed by atoms with Crippen LogP contribution in [0.15, 0.2) is 36.4 Å².